The van der Waals surface area contributed by atoms with Crippen LogP contribution >= 0.6 is 0 Å². The first-order chi connectivity index (χ1) is 10.7. The highest BCUT2D eigenvalue weighted by molar-refractivity contribution is 6.02. The van der Waals surface area contributed by atoms with Gasteiger partial charge in [-0.1, -0.05) is 0 Å². The van der Waals surface area contributed by atoms with Crippen molar-refractivity contribution in [2.24, 2.45) is 16.8 Å². The third-order valence-electron chi connectivity index (χ3n) is 5.63. The SMILES string of the molecule is Fc1coc2ccc(C3=N[C@]4(CC5CCC4CC5)NN3)cc12. The van der Waals surface area contributed by atoms with E-state index in [1.165, 1.54) is 25.7 Å². The van der Waals surface area contributed by atoms with E-state index in [-0.39, 0.29) is 11.5 Å². The second-order valence-corrected chi connectivity index (χ2v) is 6.85. The zero-order chi connectivity index (χ0) is 14.7. The molecule has 1 aromatic carbocycles. The van der Waals surface area contributed by atoms with Crippen molar-refractivity contribution in [2.75, 3.05) is 0 Å². The van der Waals surface area contributed by atoms with Gasteiger partial charge in [-0.2, -0.15) is 0 Å². The standard InChI is InChI=1S/C17H18FN3O/c18-14-9-22-15-6-3-11(7-13(14)15)16-19-17(21-20-16)8-10-1-4-12(17)5-2-10/h3,6-7,9-10,12,21H,1-2,4-5,8H2,(H,19,20)/t10?,12?,17-/m1/s1. The Bertz CT molecular complexity index is 775. The van der Waals surface area contributed by atoms with Crippen LogP contribution in [0.15, 0.2) is 33.9 Å². The Labute approximate surface area is 127 Å². The van der Waals surface area contributed by atoms with Gasteiger partial charge in [0.15, 0.2) is 5.82 Å². The van der Waals surface area contributed by atoms with Gasteiger partial charge in [0.1, 0.15) is 23.3 Å². The third-order valence-corrected chi connectivity index (χ3v) is 5.63. The summed E-state index contributed by atoms with van der Waals surface area (Å²) in [7, 11) is 0. The van der Waals surface area contributed by atoms with Gasteiger partial charge < -0.3 is 9.84 Å². The summed E-state index contributed by atoms with van der Waals surface area (Å²) < 4.78 is 18.9. The molecular weight excluding hydrogens is 281 g/mol. The first-order valence-electron chi connectivity index (χ1n) is 8.04. The van der Waals surface area contributed by atoms with E-state index >= 15 is 0 Å². The number of furan rings is 1. The summed E-state index contributed by atoms with van der Waals surface area (Å²) in [5.41, 5.74) is 8.00. The van der Waals surface area contributed by atoms with Crippen LogP contribution in [0.1, 0.15) is 37.7 Å². The van der Waals surface area contributed by atoms with Crippen molar-refractivity contribution in [3.63, 3.8) is 0 Å². The van der Waals surface area contributed by atoms with Gasteiger partial charge >= 0.3 is 0 Å². The predicted octanol–water partition coefficient (Wildman–Crippen LogP) is 3.33. The number of nitrogens with zero attached hydrogens (tertiary/aromatic N) is 1. The second-order valence-electron chi connectivity index (χ2n) is 6.85. The molecule has 5 heteroatoms. The zero-order valence-corrected chi connectivity index (χ0v) is 12.2. The summed E-state index contributed by atoms with van der Waals surface area (Å²) in [6.07, 6.45) is 7.45. The van der Waals surface area contributed by atoms with Crippen LogP contribution in [0.25, 0.3) is 11.0 Å². The first kappa shape index (κ1) is 12.6. The van der Waals surface area contributed by atoms with E-state index in [0.717, 1.165) is 30.0 Å². The number of fused-ring (bicyclic) bond motifs is 3. The lowest BCUT2D eigenvalue weighted by Crippen LogP contribution is -2.56. The number of nitrogens with one attached hydrogen (secondary N) is 2. The number of benzene rings is 1. The molecule has 0 saturated heterocycles. The van der Waals surface area contributed by atoms with Crippen LogP contribution in [0, 0.1) is 17.7 Å². The number of halogens is 1. The second kappa shape index (κ2) is 4.32. The first-order valence-corrected chi connectivity index (χ1v) is 8.04. The van der Waals surface area contributed by atoms with Crippen LogP contribution in [0.4, 0.5) is 4.39 Å². The Morgan fingerprint density at radius 3 is 2.86 bits per heavy atom. The maximum atomic E-state index is 13.7. The summed E-state index contributed by atoms with van der Waals surface area (Å²) in [5, 5.41) is 0.508. The number of rotatable bonds is 1. The quantitative estimate of drug-likeness (QED) is 0.849. The molecule has 2 heterocycles. The molecule has 6 rings (SSSR count). The Hall–Kier alpha value is -1.88. The smallest absolute Gasteiger partial charge is 0.169 e. The van der Waals surface area contributed by atoms with E-state index in [2.05, 4.69) is 10.9 Å². The van der Waals surface area contributed by atoms with Crippen LogP contribution in [0.5, 0.6) is 0 Å². The van der Waals surface area contributed by atoms with Gasteiger partial charge in [0, 0.05) is 5.56 Å². The predicted molar refractivity (Wildman–Crippen MR) is 81.8 cm³/mol. The maximum absolute atomic E-state index is 13.7. The molecule has 4 aliphatic rings. The van der Waals surface area contributed by atoms with Crippen LogP contribution in [-0.4, -0.2) is 11.5 Å². The fourth-order valence-electron chi connectivity index (χ4n) is 4.45. The monoisotopic (exact) mass is 299 g/mol. The summed E-state index contributed by atoms with van der Waals surface area (Å²) in [6.45, 7) is 0. The van der Waals surface area contributed by atoms with E-state index < -0.39 is 0 Å². The highest BCUT2D eigenvalue weighted by Gasteiger charge is 2.49. The minimum absolute atomic E-state index is 0.152. The molecule has 3 aliphatic carbocycles. The van der Waals surface area contributed by atoms with Gasteiger partial charge in [0.25, 0.3) is 0 Å². The van der Waals surface area contributed by atoms with Gasteiger partial charge in [-0.25, -0.2) is 14.8 Å². The van der Waals surface area contributed by atoms with E-state index in [1.807, 2.05) is 12.1 Å². The van der Waals surface area contributed by atoms with Crippen LogP contribution in [-0.2, 0) is 0 Å². The van der Waals surface area contributed by atoms with Crippen LogP contribution in [0.3, 0.4) is 0 Å². The minimum Gasteiger partial charge on any atom is -0.461 e. The molecule has 0 amide bonds. The average molecular weight is 299 g/mol. The van der Waals surface area contributed by atoms with Gasteiger partial charge in [-0.3, -0.25) is 0 Å². The van der Waals surface area contributed by atoms with Gasteiger partial charge in [0.05, 0.1) is 5.39 Å². The largest absolute Gasteiger partial charge is 0.461 e. The number of hydrogen-bond acceptors (Lipinski definition) is 4. The summed E-state index contributed by atoms with van der Waals surface area (Å²) in [6, 6.07) is 5.54. The molecule has 0 unspecified atom stereocenters. The molecule has 1 aromatic heterocycles. The van der Waals surface area contributed by atoms with Crippen molar-refractivity contribution in [2.45, 2.75) is 37.8 Å². The normalized spacial score (nSPS) is 33.4. The highest BCUT2D eigenvalue weighted by atomic mass is 19.1. The Kier molecular flexibility index (Phi) is 2.48. The Morgan fingerprint density at radius 1 is 1.23 bits per heavy atom. The van der Waals surface area contributed by atoms with E-state index in [1.54, 1.807) is 6.07 Å². The van der Waals surface area contributed by atoms with Crippen molar-refractivity contribution >= 4 is 16.8 Å². The van der Waals surface area contributed by atoms with Crippen LogP contribution < -0.4 is 10.9 Å². The molecule has 1 aliphatic heterocycles. The number of hydrazine groups is 1. The molecule has 3 fully saturated rings. The van der Waals surface area contributed by atoms with Crippen molar-refractivity contribution in [1.82, 2.24) is 10.9 Å². The lowest BCUT2D eigenvalue weighted by atomic mass is 9.65. The number of amidine groups is 1. The maximum Gasteiger partial charge on any atom is 0.169 e. The molecule has 114 valence electrons. The van der Waals surface area contributed by atoms with Crippen LogP contribution in [0.2, 0.25) is 0 Å². The summed E-state index contributed by atoms with van der Waals surface area (Å²) in [4.78, 5) is 4.99. The Balaban J connectivity index is 1.54. The zero-order valence-electron chi connectivity index (χ0n) is 12.2. The molecule has 22 heavy (non-hydrogen) atoms. The van der Waals surface area contributed by atoms with Crippen molar-refractivity contribution in [1.29, 1.82) is 0 Å². The summed E-state index contributed by atoms with van der Waals surface area (Å²) in [5.74, 6) is 1.89. The molecule has 2 N–H and O–H groups in total. The molecule has 2 aromatic rings. The minimum atomic E-state index is -0.324. The highest BCUT2D eigenvalue weighted by Crippen LogP contribution is 2.48. The van der Waals surface area contributed by atoms with Gasteiger partial charge in [-0.15, -0.1) is 0 Å². The molecule has 1 atom stereocenters. The molecule has 4 nitrogen and oxygen atoms in total. The van der Waals surface area contributed by atoms with E-state index in [9.17, 15) is 4.39 Å². The summed E-state index contributed by atoms with van der Waals surface area (Å²) >= 11 is 0. The molecule has 1 spiro atoms. The van der Waals surface area contributed by atoms with Crippen molar-refractivity contribution in [3.05, 3.63) is 35.8 Å². The molecular formula is C17H18FN3O. The fourth-order valence-corrected chi connectivity index (χ4v) is 4.45. The molecule has 2 bridgehead atoms. The van der Waals surface area contributed by atoms with Crippen molar-refractivity contribution in [3.8, 4) is 0 Å². The lowest BCUT2D eigenvalue weighted by Gasteiger charge is -2.47. The molecule has 0 radical (unpaired) electrons. The fraction of sp³-hybridized carbons (Fsp3) is 0.471. The topological polar surface area (TPSA) is 49.6 Å². The van der Waals surface area contributed by atoms with E-state index in [4.69, 9.17) is 9.41 Å². The van der Waals surface area contributed by atoms with Gasteiger partial charge in [0.2, 0.25) is 0 Å². The average Bonchev–Trinajstić information content (AvgIpc) is 3.13. The van der Waals surface area contributed by atoms with Crippen molar-refractivity contribution < 1.29 is 8.81 Å². The number of hydrogen-bond donors (Lipinski definition) is 2. The number of aliphatic imine (C=N–C) groups is 1. The van der Waals surface area contributed by atoms with E-state index in [0.29, 0.717) is 16.9 Å². The lowest BCUT2D eigenvalue weighted by molar-refractivity contribution is 0.0506. The third kappa shape index (κ3) is 1.69. The van der Waals surface area contributed by atoms with Gasteiger partial charge in [-0.05, 0) is 62.1 Å². The Morgan fingerprint density at radius 2 is 2.09 bits per heavy atom. The molecule has 3 saturated carbocycles.